The van der Waals surface area contributed by atoms with E-state index in [0.29, 0.717) is 6.54 Å². The van der Waals surface area contributed by atoms with Gasteiger partial charge in [-0.15, -0.1) is 0 Å². The van der Waals surface area contributed by atoms with E-state index in [2.05, 4.69) is 20.6 Å². The Labute approximate surface area is 163 Å². The van der Waals surface area contributed by atoms with Crippen LogP contribution >= 0.6 is 0 Å². The van der Waals surface area contributed by atoms with Crippen LogP contribution in [0.25, 0.3) is 0 Å². The highest BCUT2D eigenvalue weighted by atomic mass is 19.1. The number of carbonyl (C=O) groups is 1. The Bertz CT molecular complexity index is 1000. The van der Waals surface area contributed by atoms with E-state index in [1.165, 1.54) is 18.2 Å². The summed E-state index contributed by atoms with van der Waals surface area (Å²) in [5.41, 5.74) is 3.95. The Balaban J connectivity index is 1.84. The summed E-state index contributed by atoms with van der Waals surface area (Å²) in [4.78, 5) is 21.0. The number of nitrogens with zero attached hydrogens (tertiary/aromatic N) is 2. The molecule has 2 N–H and O–H groups in total. The molecule has 0 aliphatic carbocycles. The fraction of sp³-hybridized carbons (Fsp3) is 0.136. The Morgan fingerprint density at radius 2 is 1.79 bits per heavy atom. The second kappa shape index (κ2) is 8.90. The highest BCUT2D eigenvalue weighted by Gasteiger charge is 2.13. The highest BCUT2D eigenvalue weighted by molar-refractivity contribution is 6.10. The lowest BCUT2D eigenvalue weighted by molar-refractivity contribution is 0.0973. The molecule has 6 heteroatoms. The van der Waals surface area contributed by atoms with Gasteiger partial charge in [-0.2, -0.15) is 0 Å². The van der Waals surface area contributed by atoms with E-state index in [4.69, 9.17) is 0 Å². The maximum absolute atomic E-state index is 13.9. The van der Waals surface area contributed by atoms with Crippen LogP contribution in [0.4, 0.5) is 10.1 Å². The minimum atomic E-state index is -0.584. The lowest BCUT2D eigenvalue weighted by Gasteiger charge is -2.13. The molecule has 2 aromatic carbocycles. The van der Waals surface area contributed by atoms with E-state index in [0.717, 1.165) is 22.4 Å². The summed E-state index contributed by atoms with van der Waals surface area (Å²) < 4.78 is 13.9. The van der Waals surface area contributed by atoms with Gasteiger partial charge in [0.1, 0.15) is 5.82 Å². The third kappa shape index (κ3) is 5.01. The molecule has 1 aromatic heterocycles. The quantitative estimate of drug-likeness (QED) is 0.529. The molecule has 142 valence electrons. The van der Waals surface area contributed by atoms with Gasteiger partial charge >= 0.3 is 0 Å². The zero-order valence-electron chi connectivity index (χ0n) is 15.7. The first-order valence-corrected chi connectivity index (χ1v) is 8.86. The number of aliphatic imine (C=N–C) groups is 1. The molecule has 3 aromatic rings. The number of pyridine rings is 1. The molecule has 0 radical (unpaired) electrons. The largest absolute Gasteiger partial charge is 0.326 e. The van der Waals surface area contributed by atoms with E-state index in [9.17, 15) is 9.18 Å². The standard InChI is InChI=1S/C22H21FN4O/c1-15-7-8-18(13-16(15)2)26-22(25-14-17-9-11-24-12-10-17)27-21(28)19-5-3-4-6-20(19)23/h3-13H,14H2,1-2H3,(H2,25,26,27,28). The second-order valence-electron chi connectivity index (χ2n) is 6.38. The van der Waals surface area contributed by atoms with Crippen molar-refractivity contribution in [1.82, 2.24) is 10.3 Å². The van der Waals surface area contributed by atoms with Crippen LogP contribution in [-0.4, -0.2) is 16.9 Å². The van der Waals surface area contributed by atoms with Crippen LogP contribution in [0.1, 0.15) is 27.0 Å². The van der Waals surface area contributed by atoms with E-state index >= 15 is 0 Å². The van der Waals surface area contributed by atoms with E-state index < -0.39 is 11.7 Å². The number of aryl methyl sites for hydroxylation is 2. The monoisotopic (exact) mass is 376 g/mol. The molecule has 1 heterocycles. The number of hydrogen-bond donors (Lipinski definition) is 2. The Morgan fingerprint density at radius 3 is 2.50 bits per heavy atom. The molecule has 0 spiro atoms. The predicted molar refractivity (Wildman–Crippen MR) is 109 cm³/mol. The number of carbonyl (C=O) groups excluding carboxylic acids is 1. The van der Waals surface area contributed by atoms with Gasteiger partial charge in [0.25, 0.3) is 5.91 Å². The van der Waals surface area contributed by atoms with E-state index in [1.54, 1.807) is 18.5 Å². The topological polar surface area (TPSA) is 66.4 Å². The summed E-state index contributed by atoms with van der Waals surface area (Å²) in [7, 11) is 0. The molecule has 1 amide bonds. The van der Waals surface area contributed by atoms with Gasteiger partial charge in [0.05, 0.1) is 12.1 Å². The van der Waals surface area contributed by atoms with Crippen molar-refractivity contribution in [3.05, 3.63) is 95.1 Å². The summed E-state index contributed by atoms with van der Waals surface area (Å²) in [6, 6.07) is 15.4. The number of nitrogens with one attached hydrogen (secondary N) is 2. The van der Waals surface area contributed by atoms with Crippen molar-refractivity contribution < 1.29 is 9.18 Å². The van der Waals surface area contributed by atoms with Crippen LogP contribution in [0.5, 0.6) is 0 Å². The number of rotatable bonds is 4. The van der Waals surface area contributed by atoms with Gasteiger partial charge in [-0.05, 0) is 66.9 Å². The van der Waals surface area contributed by atoms with Gasteiger partial charge in [-0.25, -0.2) is 9.38 Å². The zero-order valence-corrected chi connectivity index (χ0v) is 15.7. The zero-order chi connectivity index (χ0) is 19.9. The number of aromatic nitrogens is 1. The van der Waals surface area contributed by atoms with Gasteiger partial charge in [-0.3, -0.25) is 15.1 Å². The SMILES string of the molecule is Cc1ccc(NC(=NCc2ccncc2)NC(=O)c2ccccc2F)cc1C. The molecule has 28 heavy (non-hydrogen) atoms. The van der Waals surface area contributed by atoms with Crippen molar-refractivity contribution in [1.29, 1.82) is 0 Å². The summed E-state index contributed by atoms with van der Waals surface area (Å²) in [6.45, 7) is 4.37. The highest BCUT2D eigenvalue weighted by Crippen LogP contribution is 2.14. The van der Waals surface area contributed by atoms with Crippen molar-refractivity contribution >= 4 is 17.6 Å². The average Bonchev–Trinajstić information content (AvgIpc) is 2.70. The molecule has 0 aliphatic heterocycles. The van der Waals surface area contributed by atoms with Crippen LogP contribution in [0.2, 0.25) is 0 Å². The fourth-order valence-electron chi connectivity index (χ4n) is 2.54. The third-order valence-corrected chi connectivity index (χ3v) is 4.29. The van der Waals surface area contributed by atoms with Crippen molar-refractivity contribution in [3.63, 3.8) is 0 Å². The smallest absolute Gasteiger partial charge is 0.260 e. The molecule has 0 saturated heterocycles. The van der Waals surface area contributed by atoms with Crippen molar-refractivity contribution in [2.75, 3.05) is 5.32 Å². The summed E-state index contributed by atoms with van der Waals surface area (Å²) >= 11 is 0. The molecule has 3 rings (SSSR count). The Kier molecular flexibility index (Phi) is 6.11. The minimum absolute atomic E-state index is 0.0407. The van der Waals surface area contributed by atoms with Crippen LogP contribution in [0.15, 0.2) is 72.0 Å². The summed E-state index contributed by atoms with van der Waals surface area (Å²) in [5, 5.41) is 5.79. The second-order valence-corrected chi connectivity index (χ2v) is 6.38. The molecule has 0 fully saturated rings. The van der Waals surface area contributed by atoms with Gasteiger partial charge in [0.2, 0.25) is 5.96 Å². The van der Waals surface area contributed by atoms with Crippen LogP contribution in [0.3, 0.4) is 0 Å². The first kappa shape index (κ1) is 19.2. The van der Waals surface area contributed by atoms with E-state index in [-0.39, 0.29) is 11.5 Å². The number of anilines is 1. The van der Waals surface area contributed by atoms with Crippen LogP contribution < -0.4 is 10.6 Å². The predicted octanol–water partition coefficient (Wildman–Crippen LogP) is 4.24. The molecule has 5 nitrogen and oxygen atoms in total. The summed E-state index contributed by atoms with van der Waals surface area (Å²) in [6.07, 6.45) is 3.36. The fourth-order valence-corrected chi connectivity index (χ4v) is 2.54. The molecular weight excluding hydrogens is 355 g/mol. The maximum atomic E-state index is 13.9. The van der Waals surface area contributed by atoms with Gasteiger partial charge in [0.15, 0.2) is 0 Å². The lowest BCUT2D eigenvalue weighted by Crippen LogP contribution is -2.36. The Hall–Kier alpha value is -3.54. The molecule has 0 unspecified atom stereocenters. The molecule has 0 saturated carbocycles. The minimum Gasteiger partial charge on any atom is -0.326 e. The van der Waals surface area contributed by atoms with Gasteiger partial charge in [-0.1, -0.05) is 18.2 Å². The van der Waals surface area contributed by atoms with Gasteiger partial charge in [0, 0.05) is 18.1 Å². The number of amides is 1. The number of guanidine groups is 1. The maximum Gasteiger partial charge on any atom is 0.260 e. The van der Waals surface area contributed by atoms with Crippen LogP contribution in [0, 0.1) is 19.7 Å². The number of benzene rings is 2. The molecule has 0 bridgehead atoms. The molecule has 0 atom stereocenters. The summed E-state index contributed by atoms with van der Waals surface area (Å²) in [5.74, 6) is -0.907. The van der Waals surface area contributed by atoms with Crippen molar-refractivity contribution in [3.8, 4) is 0 Å². The van der Waals surface area contributed by atoms with E-state index in [1.807, 2.05) is 44.2 Å². The Morgan fingerprint density at radius 1 is 1.04 bits per heavy atom. The van der Waals surface area contributed by atoms with Crippen LogP contribution in [-0.2, 0) is 6.54 Å². The lowest BCUT2D eigenvalue weighted by atomic mass is 10.1. The third-order valence-electron chi connectivity index (χ3n) is 4.29. The van der Waals surface area contributed by atoms with Gasteiger partial charge < -0.3 is 5.32 Å². The first-order valence-electron chi connectivity index (χ1n) is 8.86. The number of hydrogen-bond acceptors (Lipinski definition) is 3. The normalized spacial score (nSPS) is 11.2. The first-order chi connectivity index (χ1) is 13.5. The average molecular weight is 376 g/mol. The molecular formula is C22H21FN4O. The molecule has 0 aliphatic rings. The number of halogens is 1. The van der Waals surface area contributed by atoms with Crippen molar-refractivity contribution in [2.45, 2.75) is 20.4 Å². The van der Waals surface area contributed by atoms with Crippen molar-refractivity contribution in [2.24, 2.45) is 4.99 Å².